The first-order valence-electron chi connectivity index (χ1n) is 7.85. The third-order valence-corrected chi connectivity index (χ3v) is 5.36. The topological polar surface area (TPSA) is 18.5 Å². The maximum Gasteiger partial charge on any atom is 0.0710 e. The number of benzene rings is 1. The van der Waals surface area contributed by atoms with E-state index >= 15 is 0 Å². The van der Waals surface area contributed by atoms with Crippen LogP contribution in [0.2, 0.25) is 10.0 Å². The molecule has 0 aliphatic carbocycles. The minimum atomic E-state index is 0.0992. The third kappa shape index (κ3) is 3.60. The highest BCUT2D eigenvalue weighted by molar-refractivity contribution is 6.36. The van der Waals surface area contributed by atoms with Crippen LogP contribution in [-0.4, -0.2) is 43.7 Å². The summed E-state index contributed by atoms with van der Waals surface area (Å²) in [6.45, 7) is 6.88. The molecule has 2 aliphatic heterocycles. The smallest absolute Gasteiger partial charge is 0.0710 e. The third-order valence-electron chi connectivity index (χ3n) is 4.58. The minimum absolute atomic E-state index is 0.0992. The summed E-state index contributed by atoms with van der Waals surface area (Å²) in [5.74, 6) is 0. The molecule has 0 spiro atoms. The molecular weight excluding hydrogens is 365 g/mol. The van der Waals surface area contributed by atoms with Crippen molar-refractivity contribution in [2.24, 2.45) is 0 Å². The summed E-state index contributed by atoms with van der Waals surface area (Å²) in [4.78, 5) is 4.67. The monoisotopic (exact) mass is 383 g/mol. The van der Waals surface area contributed by atoms with Gasteiger partial charge in [0.25, 0.3) is 0 Å². The van der Waals surface area contributed by atoms with Crippen LogP contribution in [0.15, 0.2) is 53.7 Å². The first kappa shape index (κ1) is 17.7. The Morgan fingerprint density at radius 3 is 2.71 bits per heavy atom. The first-order chi connectivity index (χ1) is 11.5. The van der Waals surface area contributed by atoms with E-state index in [1.54, 1.807) is 6.07 Å². The first-order valence-corrected chi connectivity index (χ1v) is 8.98. The molecule has 0 saturated carbocycles. The van der Waals surface area contributed by atoms with Crippen molar-refractivity contribution in [2.45, 2.75) is 12.1 Å². The van der Waals surface area contributed by atoms with Gasteiger partial charge in [0.2, 0.25) is 0 Å². The van der Waals surface area contributed by atoms with E-state index in [0.717, 1.165) is 30.9 Å². The van der Waals surface area contributed by atoms with Crippen molar-refractivity contribution in [3.05, 3.63) is 63.8 Å². The van der Waals surface area contributed by atoms with Crippen molar-refractivity contribution in [2.75, 3.05) is 31.6 Å². The van der Waals surface area contributed by atoms with E-state index in [4.69, 9.17) is 34.8 Å². The van der Waals surface area contributed by atoms with E-state index in [9.17, 15) is 0 Å². The number of halogens is 3. The lowest BCUT2D eigenvalue weighted by Crippen LogP contribution is -2.61. The van der Waals surface area contributed by atoms with Gasteiger partial charge in [0, 0.05) is 30.9 Å². The molecule has 2 aliphatic rings. The summed E-state index contributed by atoms with van der Waals surface area (Å²) in [5.41, 5.74) is 1.99. The normalized spacial score (nSPS) is 28.8. The number of nitrogens with zero attached hydrogens (tertiary/aromatic N) is 2. The number of likely N-dealkylation sites (N-methyl/N-ethyl adjacent to an activating group) is 1. The summed E-state index contributed by atoms with van der Waals surface area (Å²) < 4.78 is 0. The van der Waals surface area contributed by atoms with Crippen LogP contribution in [0.4, 0.5) is 5.69 Å². The van der Waals surface area contributed by atoms with Gasteiger partial charge in [-0.1, -0.05) is 47.5 Å². The Balaban J connectivity index is 2.01. The van der Waals surface area contributed by atoms with Crippen LogP contribution in [0.1, 0.15) is 0 Å². The summed E-state index contributed by atoms with van der Waals surface area (Å²) in [6.07, 6.45) is 5.69. The highest BCUT2D eigenvalue weighted by atomic mass is 35.5. The Morgan fingerprint density at radius 2 is 1.96 bits per heavy atom. The van der Waals surface area contributed by atoms with Crippen molar-refractivity contribution in [1.82, 2.24) is 10.2 Å². The standard InChI is InChI=1S/C18H20Cl3N3/c1-12-3-4-14(20)10-22-11-17-18(12)24(8-7-23(17)2)16-6-5-13(19)9-15(16)21/h3-6,9-10,17-18,22H,1,7-8,11H2,2H3/b4-3-,14-10+/t17-,18+/m1/s1. The molecule has 0 radical (unpaired) electrons. The van der Waals surface area contributed by atoms with Crippen molar-refractivity contribution in [1.29, 1.82) is 0 Å². The number of piperazine rings is 1. The van der Waals surface area contributed by atoms with Crippen LogP contribution in [0, 0.1) is 0 Å². The van der Waals surface area contributed by atoms with Gasteiger partial charge < -0.3 is 10.2 Å². The van der Waals surface area contributed by atoms with E-state index in [0.29, 0.717) is 15.1 Å². The Bertz CT molecular complexity index is 699. The van der Waals surface area contributed by atoms with Gasteiger partial charge in [0.05, 0.1) is 27.8 Å². The fourth-order valence-electron chi connectivity index (χ4n) is 3.33. The van der Waals surface area contributed by atoms with Crippen LogP contribution in [0.25, 0.3) is 0 Å². The molecule has 0 aromatic heterocycles. The van der Waals surface area contributed by atoms with Crippen molar-refractivity contribution < 1.29 is 0 Å². The molecule has 1 N–H and O–H groups in total. The Hall–Kier alpha value is -1.13. The Morgan fingerprint density at radius 1 is 1.17 bits per heavy atom. The molecule has 3 nitrogen and oxygen atoms in total. The van der Waals surface area contributed by atoms with E-state index in [2.05, 4.69) is 28.7 Å². The van der Waals surface area contributed by atoms with Gasteiger partial charge in [-0.15, -0.1) is 0 Å². The largest absolute Gasteiger partial charge is 0.388 e. The van der Waals surface area contributed by atoms with Crippen LogP contribution >= 0.6 is 34.8 Å². The van der Waals surface area contributed by atoms with E-state index in [1.807, 2.05) is 30.5 Å². The molecule has 24 heavy (non-hydrogen) atoms. The molecule has 128 valence electrons. The predicted molar refractivity (Wildman–Crippen MR) is 104 cm³/mol. The molecule has 0 unspecified atom stereocenters. The quantitative estimate of drug-likeness (QED) is 0.779. The zero-order valence-corrected chi connectivity index (χ0v) is 15.7. The average molecular weight is 385 g/mol. The maximum atomic E-state index is 6.47. The number of fused-ring (bicyclic) bond motifs is 1. The van der Waals surface area contributed by atoms with Gasteiger partial charge in [-0.3, -0.25) is 4.90 Å². The second-order valence-electron chi connectivity index (χ2n) is 6.13. The molecule has 2 atom stereocenters. The molecule has 1 aromatic carbocycles. The fourth-order valence-corrected chi connectivity index (χ4v) is 3.99. The van der Waals surface area contributed by atoms with Gasteiger partial charge in [-0.05, 0) is 36.9 Å². The number of anilines is 1. The van der Waals surface area contributed by atoms with E-state index in [-0.39, 0.29) is 12.1 Å². The van der Waals surface area contributed by atoms with E-state index in [1.165, 1.54) is 0 Å². The molecule has 3 rings (SSSR count). The fraction of sp³-hybridized carbons (Fsp3) is 0.333. The molecule has 1 aromatic rings. The Labute approximate surface area is 158 Å². The second kappa shape index (κ2) is 7.40. The van der Waals surface area contributed by atoms with Crippen molar-refractivity contribution in [3.8, 4) is 0 Å². The number of hydrogen-bond donors (Lipinski definition) is 1. The zero-order chi connectivity index (χ0) is 17.3. The summed E-state index contributed by atoms with van der Waals surface area (Å²) in [7, 11) is 2.14. The molecule has 1 fully saturated rings. The van der Waals surface area contributed by atoms with Gasteiger partial charge in [0.1, 0.15) is 0 Å². The minimum Gasteiger partial charge on any atom is -0.388 e. The molecule has 6 heteroatoms. The van der Waals surface area contributed by atoms with Gasteiger partial charge in [-0.25, -0.2) is 0 Å². The molecular formula is C18H20Cl3N3. The predicted octanol–water partition coefficient (Wildman–Crippen LogP) is 4.28. The van der Waals surface area contributed by atoms with Crippen LogP contribution < -0.4 is 10.2 Å². The van der Waals surface area contributed by atoms with Crippen LogP contribution in [-0.2, 0) is 0 Å². The highest BCUT2D eigenvalue weighted by Crippen LogP contribution is 2.35. The average Bonchev–Trinajstić information content (AvgIpc) is 2.60. The van der Waals surface area contributed by atoms with Crippen molar-refractivity contribution >= 4 is 40.5 Å². The highest BCUT2D eigenvalue weighted by Gasteiger charge is 2.36. The lowest BCUT2D eigenvalue weighted by Gasteiger charge is -2.48. The number of hydrogen-bond acceptors (Lipinski definition) is 3. The summed E-state index contributed by atoms with van der Waals surface area (Å²) in [5, 5.41) is 5.27. The van der Waals surface area contributed by atoms with E-state index < -0.39 is 0 Å². The van der Waals surface area contributed by atoms with Crippen LogP contribution in [0.5, 0.6) is 0 Å². The lowest BCUT2D eigenvalue weighted by atomic mass is 9.93. The SMILES string of the molecule is C=C1/C=C\C(Cl)=C/NC[C@@H]2[C@H]1N(c1ccc(Cl)cc1Cl)CCN2C. The maximum absolute atomic E-state index is 6.47. The molecule has 0 bridgehead atoms. The number of nitrogens with one attached hydrogen (secondary N) is 1. The van der Waals surface area contributed by atoms with Crippen molar-refractivity contribution in [3.63, 3.8) is 0 Å². The molecule has 2 heterocycles. The van der Waals surface area contributed by atoms with Gasteiger partial charge in [0.15, 0.2) is 0 Å². The Kier molecular flexibility index (Phi) is 5.46. The summed E-state index contributed by atoms with van der Waals surface area (Å²) >= 11 is 18.7. The number of rotatable bonds is 1. The van der Waals surface area contributed by atoms with Crippen LogP contribution in [0.3, 0.4) is 0 Å². The number of allylic oxidation sites excluding steroid dienone is 2. The van der Waals surface area contributed by atoms with Gasteiger partial charge in [-0.2, -0.15) is 0 Å². The molecule has 0 amide bonds. The second-order valence-corrected chi connectivity index (χ2v) is 7.41. The summed E-state index contributed by atoms with van der Waals surface area (Å²) in [6, 6.07) is 6.00. The van der Waals surface area contributed by atoms with Gasteiger partial charge >= 0.3 is 0 Å². The lowest BCUT2D eigenvalue weighted by molar-refractivity contribution is 0.189. The molecule has 1 saturated heterocycles. The zero-order valence-electron chi connectivity index (χ0n) is 13.5.